The summed E-state index contributed by atoms with van der Waals surface area (Å²) in [5, 5.41) is 0.581. The molecule has 32 heavy (non-hydrogen) atoms. The van der Waals surface area contributed by atoms with Gasteiger partial charge in [0, 0.05) is 45.8 Å². The van der Waals surface area contributed by atoms with Gasteiger partial charge in [-0.15, -0.1) is 6.58 Å². The van der Waals surface area contributed by atoms with E-state index in [0.29, 0.717) is 37.0 Å². The highest BCUT2D eigenvalue weighted by molar-refractivity contribution is 5.77. The predicted molar refractivity (Wildman–Crippen MR) is 129 cm³/mol. The van der Waals surface area contributed by atoms with Crippen molar-refractivity contribution in [2.75, 3.05) is 44.7 Å². The van der Waals surface area contributed by atoms with E-state index in [1.165, 1.54) is 4.57 Å². The predicted octanol–water partition coefficient (Wildman–Crippen LogP) is 2.57. The Labute approximate surface area is 187 Å². The number of piperazine rings is 1. The van der Waals surface area contributed by atoms with Gasteiger partial charge in [0.25, 0.3) is 5.56 Å². The monoisotopic (exact) mass is 434 g/mol. The van der Waals surface area contributed by atoms with Crippen LogP contribution in [-0.2, 0) is 13.1 Å². The van der Waals surface area contributed by atoms with Crippen LogP contribution in [-0.4, -0.2) is 53.9 Å². The quantitative estimate of drug-likeness (QED) is 0.510. The lowest BCUT2D eigenvalue weighted by atomic mass is 10.2. The summed E-state index contributed by atoms with van der Waals surface area (Å²) in [6.07, 6.45) is 2.46. The maximum Gasteiger partial charge on any atom is 0.331 e. The third-order valence-electron chi connectivity index (χ3n) is 6.13. The second-order valence-electron chi connectivity index (χ2n) is 7.99. The number of aromatic nitrogens is 2. The summed E-state index contributed by atoms with van der Waals surface area (Å²) in [5.41, 5.74) is 1.33. The van der Waals surface area contributed by atoms with E-state index in [9.17, 15) is 9.59 Å². The first-order valence-corrected chi connectivity index (χ1v) is 11.1. The van der Waals surface area contributed by atoms with Crippen LogP contribution < -0.4 is 20.9 Å². The Hall–Kier alpha value is -3.32. The smallest absolute Gasteiger partial charge is 0.331 e. The van der Waals surface area contributed by atoms with Crippen molar-refractivity contribution >= 4 is 16.6 Å². The van der Waals surface area contributed by atoms with Crippen LogP contribution in [0.3, 0.4) is 0 Å². The number of hydrogen-bond acceptors (Lipinski definition) is 5. The first-order chi connectivity index (χ1) is 15.6. The van der Waals surface area contributed by atoms with Crippen LogP contribution in [0.25, 0.3) is 10.9 Å². The standard InChI is InChI=1S/C25H30N4O3/c1-3-4-13-28-21-10-6-5-9-20(21)24(30)29(25(28)31)19-16-26-14-17-27(18-15-26)22-11-7-8-12-23(22)32-2/h3,5-12H,1,4,13-19H2,2H3. The fraction of sp³-hybridized carbons (Fsp3) is 0.360. The van der Waals surface area contributed by atoms with Gasteiger partial charge in [-0.25, -0.2) is 4.79 Å². The molecule has 7 nitrogen and oxygen atoms in total. The second-order valence-corrected chi connectivity index (χ2v) is 7.99. The number of ether oxygens (including phenoxy) is 1. The number of aryl methyl sites for hydroxylation is 1. The van der Waals surface area contributed by atoms with Gasteiger partial charge in [-0.05, 0) is 30.7 Å². The van der Waals surface area contributed by atoms with E-state index in [2.05, 4.69) is 22.4 Å². The Morgan fingerprint density at radius 1 is 0.906 bits per heavy atom. The van der Waals surface area contributed by atoms with Crippen molar-refractivity contribution in [3.63, 3.8) is 0 Å². The lowest BCUT2D eigenvalue weighted by Gasteiger charge is -2.36. The van der Waals surface area contributed by atoms with Crippen molar-refractivity contribution in [2.45, 2.75) is 19.5 Å². The molecular weight excluding hydrogens is 404 g/mol. The molecule has 0 bridgehead atoms. The first-order valence-electron chi connectivity index (χ1n) is 11.1. The third-order valence-corrected chi connectivity index (χ3v) is 6.13. The number of hydrogen-bond donors (Lipinski definition) is 0. The van der Waals surface area contributed by atoms with E-state index in [1.54, 1.807) is 23.8 Å². The summed E-state index contributed by atoms with van der Waals surface area (Å²) in [6, 6.07) is 15.4. The van der Waals surface area contributed by atoms with Crippen molar-refractivity contribution in [1.29, 1.82) is 0 Å². The maximum atomic E-state index is 13.1. The topological polar surface area (TPSA) is 59.7 Å². The molecule has 0 radical (unpaired) electrons. The molecule has 0 saturated carbocycles. The number of methoxy groups -OCH3 is 1. The lowest BCUT2D eigenvalue weighted by Crippen LogP contribution is -2.49. The molecule has 0 spiro atoms. The molecule has 168 valence electrons. The molecule has 1 aliphatic rings. The number of allylic oxidation sites excluding steroid dienone is 1. The molecular formula is C25H30N4O3. The van der Waals surface area contributed by atoms with Gasteiger partial charge in [0.15, 0.2) is 0 Å². The summed E-state index contributed by atoms with van der Waals surface area (Å²) in [6.45, 7) is 8.79. The zero-order valence-electron chi connectivity index (χ0n) is 18.6. The highest BCUT2D eigenvalue weighted by Gasteiger charge is 2.20. The summed E-state index contributed by atoms with van der Waals surface area (Å²) in [7, 11) is 1.69. The van der Waals surface area contributed by atoms with Crippen LogP contribution in [0.15, 0.2) is 70.8 Å². The van der Waals surface area contributed by atoms with Crippen LogP contribution in [0.2, 0.25) is 0 Å². The summed E-state index contributed by atoms with van der Waals surface area (Å²) >= 11 is 0. The summed E-state index contributed by atoms with van der Waals surface area (Å²) < 4.78 is 8.57. The molecule has 2 aromatic carbocycles. The Bertz CT molecular complexity index is 1210. The third kappa shape index (κ3) is 4.34. The lowest BCUT2D eigenvalue weighted by molar-refractivity contribution is 0.244. The van der Waals surface area contributed by atoms with Crippen molar-refractivity contribution in [2.24, 2.45) is 0 Å². The van der Waals surface area contributed by atoms with Crippen molar-refractivity contribution < 1.29 is 4.74 Å². The van der Waals surface area contributed by atoms with E-state index in [-0.39, 0.29) is 11.2 Å². The van der Waals surface area contributed by atoms with E-state index < -0.39 is 0 Å². The van der Waals surface area contributed by atoms with Gasteiger partial charge < -0.3 is 9.64 Å². The molecule has 2 heterocycles. The Balaban J connectivity index is 1.49. The molecule has 1 aliphatic heterocycles. The largest absolute Gasteiger partial charge is 0.495 e. The van der Waals surface area contributed by atoms with Gasteiger partial charge in [-0.3, -0.25) is 18.8 Å². The van der Waals surface area contributed by atoms with Crippen molar-refractivity contribution in [1.82, 2.24) is 14.0 Å². The average molecular weight is 435 g/mol. The van der Waals surface area contributed by atoms with E-state index >= 15 is 0 Å². The number of fused-ring (bicyclic) bond motifs is 1. The molecule has 0 N–H and O–H groups in total. The first kappa shape index (κ1) is 21.9. The zero-order valence-corrected chi connectivity index (χ0v) is 18.6. The Kier molecular flexibility index (Phi) is 6.75. The van der Waals surface area contributed by atoms with Gasteiger partial charge in [-0.1, -0.05) is 30.3 Å². The van der Waals surface area contributed by atoms with Gasteiger partial charge in [0.05, 0.1) is 23.7 Å². The number of nitrogens with zero attached hydrogens (tertiary/aromatic N) is 4. The number of anilines is 1. The highest BCUT2D eigenvalue weighted by Crippen LogP contribution is 2.28. The van der Waals surface area contributed by atoms with Crippen molar-refractivity contribution in [3.05, 3.63) is 82.0 Å². The summed E-state index contributed by atoms with van der Waals surface area (Å²) in [4.78, 5) is 30.8. The summed E-state index contributed by atoms with van der Waals surface area (Å²) in [5.74, 6) is 0.878. The van der Waals surface area contributed by atoms with Crippen LogP contribution in [0.4, 0.5) is 5.69 Å². The minimum atomic E-state index is -0.247. The average Bonchev–Trinajstić information content (AvgIpc) is 2.84. The fourth-order valence-electron chi connectivity index (χ4n) is 4.35. The molecule has 0 aliphatic carbocycles. The molecule has 0 amide bonds. The van der Waals surface area contributed by atoms with Gasteiger partial charge in [0.1, 0.15) is 5.75 Å². The molecule has 1 fully saturated rings. The molecule has 3 aromatic rings. The van der Waals surface area contributed by atoms with Crippen LogP contribution >= 0.6 is 0 Å². The van der Waals surface area contributed by atoms with Gasteiger partial charge in [-0.2, -0.15) is 0 Å². The van der Waals surface area contributed by atoms with E-state index in [4.69, 9.17) is 4.74 Å². The van der Waals surface area contributed by atoms with E-state index in [1.807, 2.05) is 36.4 Å². The normalized spacial score (nSPS) is 14.6. The van der Waals surface area contributed by atoms with Crippen LogP contribution in [0, 0.1) is 0 Å². The minimum absolute atomic E-state index is 0.215. The number of benzene rings is 2. The number of para-hydroxylation sites is 3. The van der Waals surface area contributed by atoms with E-state index in [0.717, 1.165) is 37.6 Å². The van der Waals surface area contributed by atoms with Crippen molar-refractivity contribution in [3.8, 4) is 5.75 Å². The van der Waals surface area contributed by atoms with Crippen LogP contribution in [0.1, 0.15) is 6.42 Å². The highest BCUT2D eigenvalue weighted by atomic mass is 16.5. The molecule has 1 aromatic heterocycles. The fourth-order valence-corrected chi connectivity index (χ4v) is 4.35. The molecule has 0 unspecified atom stereocenters. The Morgan fingerprint density at radius 2 is 1.62 bits per heavy atom. The van der Waals surface area contributed by atoms with Gasteiger partial charge >= 0.3 is 5.69 Å². The molecule has 4 rings (SSSR count). The minimum Gasteiger partial charge on any atom is -0.495 e. The molecule has 7 heteroatoms. The van der Waals surface area contributed by atoms with Crippen LogP contribution in [0.5, 0.6) is 5.75 Å². The van der Waals surface area contributed by atoms with Gasteiger partial charge in [0.2, 0.25) is 0 Å². The second kappa shape index (κ2) is 9.87. The number of rotatable bonds is 8. The molecule has 0 atom stereocenters. The maximum absolute atomic E-state index is 13.1. The SMILES string of the molecule is C=CCCn1c(=O)n(CCN2CCN(c3ccccc3OC)CC2)c(=O)c2ccccc21. The Morgan fingerprint density at radius 3 is 2.38 bits per heavy atom. The molecule has 1 saturated heterocycles. The zero-order chi connectivity index (χ0) is 22.5.